The Balaban J connectivity index is 1.90. The van der Waals surface area contributed by atoms with E-state index in [4.69, 9.17) is 11.5 Å². The van der Waals surface area contributed by atoms with Crippen LogP contribution in [0, 0.1) is 0 Å². The predicted molar refractivity (Wildman–Crippen MR) is 74.5 cm³/mol. The van der Waals surface area contributed by atoms with Gasteiger partial charge in [0.05, 0.1) is 11.8 Å². The van der Waals surface area contributed by atoms with Gasteiger partial charge < -0.3 is 16.8 Å². The van der Waals surface area contributed by atoms with Crippen LogP contribution in [0.25, 0.3) is 0 Å². The van der Waals surface area contributed by atoms with Gasteiger partial charge in [0.15, 0.2) is 0 Å². The largest absolute Gasteiger partial charge is 0.399 e. The van der Waals surface area contributed by atoms with Crippen molar-refractivity contribution >= 4 is 17.3 Å². The van der Waals surface area contributed by atoms with Crippen LogP contribution in [0.4, 0.5) is 11.4 Å². The molecule has 1 aromatic heterocycles. The second-order valence-electron chi connectivity index (χ2n) is 4.37. The van der Waals surface area contributed by atoms with Gasteiger partial charge in [-0.1, -0.05) is 0 Å². The highest BCUT2D eigenvalue weighted by Gasteiger charge is 2.09. The first-order chi connectivity index (χ1) is 9.06. The zero-order chi connectivity index (χ0) is 13.8. The first-order valence-electron chi connectivity index (χ1n) is 5.97. The van der Waals surface area contributed by atoms with E-state index in [-0.39, 0.29) is 5.91 Å². The van der Waals surface area contributed by atoms with Crippen molar-refractivity contribution in [3.05, 3.63) is 41.7 Å². The van der Waals surface area contributed by atoms with Crippen molar-refractivity contribution in [1.29, 1.82) is 0 Å². The molecule has 5 N–H and O–H groups in total. The number of anilines is 2. The summed E-state index contributed by atoms with van der Waals surface area (Å²) in [5.41, 5.74) is 13.8. The topological polar surface area (TPSA) is 99.0 Å². The van der Waals surface area contributed by atoms with Crippen LogP contribution < -0.4 is 16.8 Å². The Hall–Kier alpha value is -2.50. The molecule has 1 aromatic carbocycles. The number of nitrogen functional groups attached to an aromatic ring is 2. The smallest absolute Gasteiger partial charge is 0.253 e. The van der Waals surface area contributed by atoms with Crippen LogP contribution in [0.2, 0.25) is 0 Å². The van der Waals surface area contributed by atoms with E-state index >= 15 is 0 Å². The lowest BCUT2D eigenvalue weighted by molar-refractivity contribution is 0.0955. The van der Waals surface area contributed by atoms with Crippen molar-refractivity contribution in [3.8, 4) is 0 Å². The third-order valence-electron chi connectivity index (χ3n) is 2.78. The second kappa shape index (κ2) is 5.43. The molecule has 0 aliphatic rings. The van der Waals surface area contributed by atoms with Gasteiger partial charge in [0.2, 0.25) is 0 Å². The standard InChI is InChI=1S/C13H17N5O/c1-18-8-9(7-17-18)4-5-16-13(19)11-3-2-10(14)6-12(11)15/h2-3,6-8H,4-5,14-15H2,1H3,(H,16,19). The van der Waals surface area contributed by atoms with Crippen LogP contribution in [0.5, 0.6) is 0 Å². The maximum atomic E-state index is 11.9. The maximum absolute atomic E-state index is 11.9. The van der Waals surface area contributed by atoms with Crippen LogP contribution in [-0.2, 0) is 13.5 Å². The van der Waals surface area contributed by atoms with Gasteiger partial charge in [-0.25, -0.2) is 0 Å². The first kappa shape index (κ1) is 12.9. The summed E-state index contributed by atoms with van der Waals surface area (Å²) in [6.07, 6.45) is 4.43. The van der Waals surface area contributed by atoms with Gasteiger partial charge >= 0.3 is 0 Å². The average molecular weight is 259 g/mol. The van der Waals surface area contributed by atoms with E-state index < -0.39 is 0 Å². The predicted octanol–water partition coefficient (Wildman–Crippen LogP) is 0.557. The molecule has 6 heteroatoms. The third kappa shape index (κ3) is 3.25. The van der Waals surface area contributed by atoms with Crippen LogP contribution in [-0.4, -0.2) is 22.2 Å². The summed E-state index contributed by atoms with van der Waals surface area (Å²) in [6, 6.07) is 4.87. The summed E-state index contributed by atoms with van der Waals surface area (Å²) < 4.78 is 1.73. The van der Waals surface area contributed by atoms with Crippen molar-refractivity contribution in [2.75, 3.05) is 18.0 Å². The van der Waals surface area contributed by atoms with E-state index in [0.717, 1.165) is 12.0 Å². The quantitative estimate of drug-likeness (QED) is 0.698. The summed E-state index contributed by atoms with van der Waals surface area (Å²) in [6.45, 7) is 0.536. The minimum atomic E-state index is -0.193. The van der Waals surface area contributed by atoms with Gasteiger partial charge in [-0.3, -0.25) is 9.48 Å². The lowest BCUT2D eigenvalue weighted by atomic mass is 10.1. The number of rotatable bonds is 4. The summed E-state index contributed by atoms with van der Waals surface area (Å²) >= 11 is 0. The van der Waals surface area contributed by atoms with Crippen molar-refractivity contribution in [2.45, 2.75) is 6.42 Å². The van der Waals surface area contributed by atoms with Crippen LogP contribution in [0.15, 0.2) is 30.6 Å². The third-order valence-corrected chi connectivity index (χ3v) is 2.78. The number of nitrogens with one attached hydrogen (secondary N) is 1. The molecule has 0 saturated heterocycles. The number of hydrogen-bond acceptors (Lipinski definition) is 4. The first-order valence-corrected chi connectivity index (χ1v) is 5.97. The van der Waals surface area contributed by atoms with E-state index in [9.17, 15) is 4.79 Å². The van der Waals surface area contributed by atoms with Gasteiger partial charge in [0, 0.05) is 31.2 Å². The molecule has 0 unspecified atom stereocenters. The fourth-order valence-corrected chi connectivity index (χ4v) is 1.80. The molecule has 1 heterocycles. The van der Waals surface area contributed by atoms with Crippen molar-refractivity contribution < 1.29 is 4.79 Å². The number of hydrogen-bond donors (Lipinski definition) is 3. The van der Waals surface area contributed by atoms with E-state index in [1.54, 1.807) is 29.1 Å². The lowest BCUT2D eigenvalue weighted by Crippen LogP contribution is -2.26. The second-order valence-corrected chi connectivity index (χ2v) is 4.37. The molecular formula is C13H17N5O. The van der Waals surface area contributed by atoms with Gasteiger partial charge in [0.1, 0.15) is 0 Å². The average Bonchev–Trinajstić information content (AvgIpc) is 2.75. The van der Waals surface area contributed by atoms with Gasteiger partial charge in [0.25, 0.3) is 5.91 Å². The molecular weight excluding hydrogens is 242 g/mol. The summed E-state index contributed by atoms with van der Waals surface area (Å²) in [5.74, 6) is -0.193. The van der Waals surface area contributed by atoms with E-state index in [2.05, 4.69) is 10.4 Å². The number of carbonyl (C=O) groups excluding carboxylic acids is 1. The monoisotopic (exact) mass is 259 g/mol. The summed E-state index contributed by atoms with van der Waals surface area (Å²) in [5, 5.41) is 6.89. The molecule has 0 aliphatic heterocycles. The Kier molecular flexibility index (Phi) is 3.70. The molecule has 100 valence electrons. The van der Waals surface area contributed by atoms with Crippen LogP contribution in [0.1, 0.15) is 15.9 Å². The zero-order valence-corrected chi connectivity index (χ0v) is 10.8. The van der Waals surface area contributed by atoms with Gasteiger partial charge in [-0.15, -0.1) is 0 Å². The fraction of sp³-hybridized carbons (Fsp3) is 0.231. The number of carbonyl (C=O) groups is 1. The molecule has 0 radical (unpaired) electrons. The van der Waals surface area contributed by atoms with Crippen LogP contribution >= 0.6 is 0 Å². The Morgan fingerprint density at radius 3 is 2.84 bits per heavy atom. The fourth-order valence-electron chi connectivity index (χ4n) is 1.80. The Labute approximate surface area is 111 Å². The van der Waals surface area contributed by atoms with Gasteiger partial charge in [-0.05, 0) is 30.2 Å². The molecule has 6 nitrogen and oxygen atoms in total. The highest BCUT2D eigenvalue weighted by molar-refractivity contribution is 5.99. The number of amides is 1. The molecule has 1 amide bonds. The molecule has 2 rings (SSSR count). The molecule has 0 fully saturated rings. The number of nitrogens with zero attached hydrogens (tertiary/aromatic N) is 2. The number of nitrogens with two attached hydrogens (primary N) is 2. The highest BCUT2D eigenvalue weighted by Crippen LogP contribution is 2.15. The molecule has 0 atom stereocenters. The van der Waals surface area contributed by atoms with E-state index in [0.29, 0.717) is 23.5 Å². The Morgan fingerprint density at radius 2 is 2.21 bits per heavy atom. The Morgan fingerprint density at radius 1 is 1.42 bits per heavy atom. The van der Waals surface area contributed by atoms with Crippen molar-refractivity contribution in [1.82, 2.24) is 15.1 Å². The zero-order valence-electron chi connectivity index (χ0n) is 10.8. The molecule has 0 aliphatic carbocycles. The minimum Gasteiger partial charge on any atom is -0.399 e. The van der Waals surface area contributed by atoms with E-state index in [1.807, 2.05) is 13.2 Å². The molecule has 2 aromatic rings. The number of aryl methyl sites for hydroxylation is 1. The summed E-state index contributed by atoms with van der Waals surface area (Å²) in [4.78, 5) is 11.9. The lowest BCUT2D eigenvalue weighted by Gasteiger charge is -2.07. The SMILES string of the molecule is Cn1cc(CCNC(=O)c2ccc(N)cc2N)cn1. The van der Waals surface area contributed by atoms with Gasteiger partial charge in [-0.2, -0.15) is 5.10 Å². The van der Waals surface area contributed by atoms with Crippen molar-refractivity contribution in [3.63, 3.8) is 0 Å². The van der Waals surface area contributed by atoms with Crippen molar-refractivity contribution in [2.24, 2.45) is 7.05 Å². The molecule has 0 bridgehead atoms. The number of aromatic nitrogens is 2. The molecule has 0 spiro atoms. The van der Waals surface area contributed by atoms with Crippen LogP contribution in [0.3, 0.4) is 0 Å². The number of benzene rings is 1. The maximum Gasteiger partial charge on any atom is 0.253 e. The minimum absolute atomic E-state index is 0.193. The normalized spacial score (nSPS) is 10.4. The van der Waals surface area contributed by atoms with E-state index in [1.165, 1.54) is 0 Å². The molecule has 0 saturated carbocycles. The summed E-state index contributed by atoms with van der Waals surface area (Å²) in [7, 11) is 1.86. The Bertz CT molecular complexity index is 590. The molecule has 19 heavy (non-hydrogen) atoms. The highest BCUT2D eigenvalue weighted by atomic mass is 16.1.